The van der Waals surface area contributed by atoms with E-state index in [1.807, 2.05) is 54.6 Å². The van der Waals surface area contributed by atoms with Crippen molar-refractivity contribution in [3.8, 4) is 11.3 Å². The number of pyridine rings is 2. The molecule has 0 aliphatic rings. The van der Waals surface area contributed by atoms with Gasteiger partial charge in [0.25, 0.3) is 5.91 Å². The third kappa shape index (κ3) is 3.25. The first-order chi connectivity index (χ1) is 13.7. The molecule has 1 amide bonds. The highest BCUT2D eigenvalue weighted by atomic mass is 32.1. The van der Waals surface area contributed by atoms with Crippen molar-refractivity contribution in [2.75, 3.05) is 17.2 Å². The van der Waals surface area contributed by atoms with Gasteiger partial charge in [-0.1, -0.05) is 24.3 Å². The summed E-state index contributed by atoms with van der Waals surface area (Å²) in [5, 5.41) is 0.785. The van der Waals surface area contributed by atoms with E-state index in [4.69, 9.17) is 10.7 Å². The fraction of sp³-hybridized carbons (Fsp3) is 0.0455. The van der Waals surface area contributed by atoms with E-state index in [-0.39, 0.29) is 5.91 Å². The van der Waals surface area contributed by atoms with E-state index in [9.17, 15) is 4.79 Å². The van der Waals surface area contributed by atoms with E-state index in [1.165, 1.54) is 11.3 Å². The van der Waals surface area contributed by atoms with E-state index in [0.717, 1.165) is 27.2 Å². The summed E-state index contributed by atoms with van der Waals surface area (Å²) in [5.41, 5.74) is 9.30. The Hall–Kier alpha value is -3.51. The summed E-state index contributed by atoms with van der Waals surface area (Å²) in [6, 6.07) is 17.1. The van der Waals surface area contributed by atoms with Crippen LogP contribution in [0.2, 0.25) is 0 Å². The molecule has 2 N–H and O–H groups in total. The Labute approximate surface area is 166 Å². The van der Waals surface area contributed by atoms with E-state index in [1.54, 1.807) is 23.4 Å². The van der Waals surface area contributed by atoms with Crippen molar-refractivity contribution < 1.29 is 4.79 Å². The Morgan fingerprint density at radius 2 is 1.96 bits per heavy atom. The van der Waals surface area contributed by atoms with Gasteiger partial charge in [-0.3, -0.25) is 9.78 Å². The number of carbonyl (C=O) groups excluding carboxylic acids is 1. The van der Waals surface area contributed by atoms with Gasteiger partial charge in [-0.05, 0) is 36.4 Å². The highest BCUT2D eigenvalue weighted by Gasteiger charge is 2.23. The third-order valence-electron chi connectivity index (χ3n) is 4.37. The topological polar surface area (TPSA) is 72.1 Å². The first kappa shape index (κ1) is 17.9. The maximum absolute atomic E-state index is 13.3. The number of hydrogen-bond acceptors (Lipinski definition) is 5. The third-order valence-corrected chi connectivity index (χ3v) is 5.47. The first-order valence-electron chi connectivity index (χ1n) is 8.76. The van der Waals surface area contributed by atoms with Crippen molar-refractivity contribution in [2.24, 2.45) is 0 Å². The molecule has 0 atom stereocenters. The molecule has 0 unspecified atom stereocenters. The van der Waals surface area contributed by atoms with Crippen molar-refractivity contribution in [3.05, 3.63) is 84.5 Å². The van der Waals surface area contributed by atoms with Crippen LogP contribution < -0.4 is 10.6 Å². The molecule has 138 valence electrons. The summed E-state index contributed by atoms with van der Waals surface area (Å²) in [5.74, 6) is -0.158. The fourth-order valence-corrected chi connectivity index (χ4v) is 4.04. The molecule has 28 heavy (non-hydrogen) atoms. The number of para-hydroxylation sites is 1. The smallest absolute Gasteiger partial charge is 0.270 e. The van der Waals surface area contributed by atoms with Crippen molar-refractivity contribution in [2.45, 2.75) is 0 Å². The second kappa shape index (κ2) is 7.62. The van der Waals surface area contributed by atoms with Gasteiger partial charge in [-0.25, -0.2) is 4.98 Å². The van der Waals surface area contributed by atoms with Crippen LogP contribution in [0.15, 0.2) is 79.6 Å². The monoisotopic (exact) mass is 386 g/mol. The number of anilines is 2. The predicted molar refractivity (Wildman–Crippen MR) is 116 cm³/mol. The van der Waals surface area contributed by atoms with Gasteiger partial charge >= 0.3 is 0 Å². The van der Waals surface area contributed by atoms with Crippen molar-refractivity contribution in [1.82, 2.24) is 9.97 Å². The molecular formula is C22H18N4OS. The average molecular weight is 386 g/mol. The minimum atomic E-state index is -0.158. The highest BCUT2D eigenvalue weighted by Crippen LogP contribution is 2.35. The number of nitrogens with two attached hydrogens (primary N) is 1. The summed E-state index contributed by atoms with van der Waals surface area (Å²) in [7, 11) is 0. The van der Waals surface area contributed by atoms with E-state index < -0.39 is 0 Å². The van der Waals surface area contributed by atoms with E-state index >= 15 is 0 Å². The van der Waals surface area contributed by atoms with Crippen LogP contribution in [-0.4, -0.2) is 22.4 Å². The minimum absolute atomic E-state index is 0.158. The standard InChI is InChI=1S/C22H18N4OS/c1-2-13-26(16-8-4-3-5-9-16)22(27)20-19(23)17-10-11-18(25-21(17)28-20)15-7-6-12-24-14-15/h2-12,14H,1,13,23H2. The molecule has 0 saturated heterocycles. The minimum Gasteiger partial charge on any atom is -0.397 e. The first-order valence-corrected chi connectivity index (χ1v) is 9.58. The average Bonchev–Trinajstić information content (AvgIpc) is 3.09. The second-order valence-corrected chi connectivity index (χ2v) is 7.17. The van der Waals surface area contributed by atoms with Gasteiger partial charge in [0.2, 0.25) is 0 Å². The fourth-order valence-electron chi connectivity index (χ4n) is 3.00. The zero-order valence-corrected chi connectivity index (χ0v) is 15.9. The molecule has 0 saturated carbocycles. The lowest BCUT2D eigenvalue weighted by Crippen LogP contribution is -2.30. The van der Waals surface area contributed by atoms with Crippen LogP contribution in [0.4, 0.5) is 11.4 Å². The number of hydrogen-bond donors (Lipinski definition) is 1. The van der Waals surface area contributed by atoms with E-state index in [2.05, 4.69) is 11.6 Å². The number of rotatable bonds is 5. The summed E-state index contributed by atoms with van der Waals surface area (Å²) in [6.07, 6.45) is 5.19. The van der Waals surface area contributed by atoms with Gasteiger partial charge in [-0.15, -0.1) is 17.9 Å². The lowest BCUT2D eigenvalue weighted by molar-refractivity contribution is 0.0994. The van der Waals surface area contributed by atoms with Gasteiger partial charge in [-0.2, -0.15) is 0 Å². The number of nitrogen functional groups attached to an aromatic ring is 1. The second-order valence-electron chi connectivity index (χ2n) is 6.18. The molecule has 5 nitrogen and oxygen atoms in total. The normalized spacial score (nSPS) is 10.7. The van der Waals surface area contributed by atoms with Crippen LogP contribution in [0.1, 0.15) is 9.67 Å². The zero-order valence-electron chi connectivity index (χ0n) is 15.1. The number of aromatic nitrogens is 2. The molecule has 0 aliphatic heterocycles. The number of amides is 1. The molecule has 0 radical (unpaired) electrons. The van der Waals surface area contributed by atoms with Crippen molar-refractivity contribution in [1.29, 1.82) is 0 Å². The van der Waals surface area contributed by atoms with Crippen LogP contribution in [0.25, 0.3) is 21.5 Å². The lowest BCUT2D eigenvalue weighted by Gasteiger charge is -2.20. The Morgan fingerprint density at radius 1 is 1.14 bits per heavy atom. The maximum Gasteiger partial charge on any atom is 0.270 e. The van der Waals surface area contributed by atoms with Crippen LogP contribution in [0, 0.1) is 0 Å². The molecule has 1 aromatic carbocycles. The van der Waals surface area contributed by atoms with Crippen LogP contribution in [-0.2, 0) is 0 Å². The molecule has 0 bridgehead atoms. The number of thiophene rings is 1. The van der Waals surface area contributed by atoms with Gasteiger partial charge in [0.15, 0.2) is 0 Å². The number of fused-ring (bicyclic) bond motifs is 1. The summed E-state index contributed by atoms with van der Waals surface area (Å²) >= 11 is 1.31. The lowest BCUT2D eigenvalue weighted by atomic mass is 10.1. The zero-order chi connectivity index (χ0) is 19.5. The highest BCUT2D eigenvalue weighted by molar-refractivity contribution is 7.21. The predicted octanol–water partition coefficient (Wildman–Crippen LogP) is 4.77. The summed E-state index contributed by atoms with van der Waals surface area (Å²) < 4.78 is 0. The molecular weight excluding hydrogens is 368 g/mol. The number of nitrogens with zero attached hydrogens (tertiary/aromatic N) is 3. The maximum atomic E-state index is 13.3. The summed E-state index contributed by atoms with van der Waals surface area (Å²) in [6.45, 7) is 4.17. The SMILES string of the molecule is C=CCN(C(=O)c1sc2nc(-c3cccnc3)ccc2c1N)c1ccccc1. The Bertz CT molecular complexity index is 1140. The van der Waals surface area contributed by atoms with Crippen LogP contribution >= 0.6 is 11.3 Å². The Kier molecular flexibility index (Phi) is 4.87. The molecule has 4 aromatic rings. The molecule has 0 spiro atoms. The van der Waals surface area contributed by atoms with Gasteiger partial charge in [0.1, 0.15) is 9.71 Å². The summed E-state index contributed by atoms with van der Waals surface area (Å²) in [4.78, 5) is 25.0. The van der Waals surface area contributed by atoms with Gasteiger partial charge < -0.3 is 10.6 Å². The van der Waals surface area contributed by atoms with Crippen LogP contribution in [0.5, 0.6) is 0 Å². The number of benzene rings is 1. The van der Waals surface area contributed by atoms with Crippen molar-refractivity contribution in [3.63, 3.8) is 0 Å². The quantitative estimate of drug-likeness (QED) is 0.501. The molecule has 3 heterocycles. The Balaban J connectivity index is 1.76. The van der Waals surface area contributed by atoms with Crippen molar-refractivity contribution >= 4 is 38.8 Å². The van der Waals surface area contributed by atoms with Gasteiger partial charge in [0, 0.05) is 35.6 Å². The van der Waals surface area contributed by atoms with Crippen LogP contribution in [0.3, 0.4) is 0 Å². The number of carbonyl (C=O) groups is 1. The molecule has 4 rings (SSSR count). The van der Waals surface area contributed by atoms with Gasteiger partial charge in [0.05, 0.1) is 11.4 Å². The molecule has 0 fully saturated rings. The molecule has 6 heteroatoms. The largest absolute Gasteiger partial charge is 0.397 e. The molecule has 3 aromatic heterocycles. The van der Waals surface area contributed by atoms with E-state index in [0.29, 0.717) is 17.1 Å². The molecule has 0 aliphatic carbocycles. The Morgan fingerprint density at radius 3 is 2.68 bits per heavy atom.